The van der Waals surface area contributed by atoms with Crippen molar-refractivity contribution in [3.63, 3.8) is 0 Å². The van der Waals surface area contributed by atoms with Crippen LogP contribution in [0.3, 0.4) is 0 Å². The minimum Gasteiger partial charge on any atom is -0.494 e. The van der Waals surface area contributed by atoms with Crippen LogP contribution in [0.15, 0.2) is 58.5 Å². The number of carbonyl (C=O) groups is 1. The molecule has 0 saturated carbocycles. The Morgan fingerprint density at radius 2 is 2.18 bits per heavy atom. The number of amides is 1. The van der Waals surface area contributed by atoms with Crippen LogP contribution in [0.1, 0.15) is 16.2 Å². The molecule has 4 aromatic rings. The number of furan rings is 1. The number of ether oxygens (including phenoxy) is 1. The van der Waals surface area contributed by atoms with Gasteiger partial charge in [0.1, 0.15) is 17.0 Å². The van der Waals surface area contributed by atoms with E-state index in [4.69, 9.17) is 14.1 Å². The smallest absolute Gasteiger partial charge is 0.253 e. The SMILES string of the molecule is COc1ccc(C)c2sc(N(Cc3ccco3)C(=O)/C=C/c3cccs3)nc12. The van der Waals surface area contributed by atoms with Crippen LogP contribution in [0.5, 0.6) is 5.75 Å². The number of rotatable bonds is 6. The number of benzene rings is 1. The summed E-state index contributed by atoms with van der Waals surface area (Å²) in [6, 6.07) is 11.5. The van der Waals surface area contributed by atoms with E-state index in [0.717, 1.165) is 20.7 Å². The average Bonchev–Trinajstić information content (AvgIpc) is 3.46. The number of carbonyl (C=O) groups excluding carboxylic acids is 1. The fourth-order valence-corrected chi connectivity index (χ4v) is 4.48. The van der Waals surface area contributed by atoms with Crippen LogP contribution in [0, 0.1) is 6.92 Å². The van der Waals surface area contributed by atoms with Gasteiger partial charge >= 0.3 is 0 Å². The van der Waals surface area contributed by atoms with Gasteiger partial charge in [-0.3, -0.25) is 9.69 Å². The summed E-state index contributed by atoms with van der Waals surface area (Å²) in [5.41, 5.74) is 1.86. The second-order valence-corrected chi connectivity index (χ2v) is 8.07. The highest BCUT2D eigenvalue weighted by Gasteiger charge is 2.21. The van der Waals surface area contributed by atoms with Gasteiger partial charge in [-0.25, -0.2) is 4.98 Å². The van der Waals surface area contributed by atoms with Gasteiger partial charge in [0.2, 0.25) is 0 Å². The van der Waals surface area contributed by atoms with E-state index in [2.05, 4.69) is 0 Å². The van der Waals surface area contributed by atoms with Gasteiger partial charge in [0.05, 0.1) is 24.6 Å². The summed E-state index contributed by atoms with van der Waals surface area (Å²) in [6.45, 7) is 2.33. The lowest BCUT2D eigenvalue weighted by Crippen LogP contribution is -2.28. The lowest BCUT2D eigenvalue weighted by atomic mass is 10.2. The van der Waals surface area contributed by atoms with Crippen LogP contribution in [0.25, 0.3) is 16.3 Å². The standard InChI is InChI=1S/C21H18N2O3S2/c1-14-7-9-17(25-2)19-20(14)28-21(22-19)23(13-15-5-3-11-26-15)18(24)10-8-16-6-4-12-27-16/h3-12H,13H2,1-2H3/b10-8+. The lowest BCUT2D eigenvalue weighted by molar-refractivity contribution is -0.114. The maximum Gasteiger partial charge on any atom is 0.253 e. The van der Waals surface area contributed by atoms with Gasteiger partial charge in [-0.1, -0.05) is 23.5 Å². The number of aromatic nitrogens is 1. The molecule has 4 rings (SSSR count). The van der Waals surface area contributed by atoms with Crippen LogP contribution < -0.4 is 9.64 Å². The molecule has 142 valence electrons. The number of hydrogen-bond acceptors (Lipinski definition) is 6. The quantitative estimate of drug-likeness (QED) is 0.393. The highest BCUT2D eigenvalue weighted by molar-refractivity contribution is 7.22. The zero-order valence-electron chi connectivity index (χ0n) is 15.4. The second-order valence-electron chi connectivity index (χ2n) is 6.11. The Hall–Kier alpha value is -2.90. The molecule has 0 atom stereocenters. The van der Waals surface area contributed by atoms with E-state index < -0.39 is 0 Å². The van der Waals surface area contributed by atoms with Crippen molar-refractivity contribution in [3.05, 3.63) is 70.3 Å². The first-order valence-electron chi connectivity index (χ1n) is 8.65. The van der Waals surface area contributed by atoms with Gasteiger partial charge in [0, 0.05) is 11.0 Å². The average molecular weight is 411 g/mol. The van der Waals surface area contributed by atoms with Crippen molar-refractivity contribution in [1.82, 2.24) is 4.98 Å². The molecular formula is C21H18N2O3S2. The van der Waals surface area contributed by atoms with Crippen molar-refractivity contribution in [1.29, 1.82) is 0 Å². The minimum absolute atomic E-state index is 0.152. The highest BCUT2D eigenvalue weighted by atomic mass is 32.1. The summed E-state index contributed by atoms with van der Waals surface area (Å²) in [7, 11) is 1.62. The lowest BCUT2D eigenvalue weighted by Gasteiger charge is -2.16. The molecule has 7 heteroatoms. The normalized spacial score (nSPS) is 11.4. The molecule has 3 aromatic heterocycles. The predicted molar refractivity (Wildman–Crippen MR) is 114 cm³/mol. The van der Waals surface area contributed by atoms with Gasteiger partial charge in [0.15, 0.2) is 5.13 Å². The van der Waals surface area contributed by atoms with Crippen LogP contribution >= 0.6 is 22.7 Å². The maximum atomic E-state index is 13.0. The Balaban J connectivity index is 1.73. The zero-order valence-corrected chi connectivity index (χ0v) is 17.0. The third kappa shape index (κ3) is 3.72. The Kier molecular flexibility index (Phi) is 5.27. The summed E-state index contributed by atoms with van der Waals surface area (Å²) in [5, 5.41) is 2.59. The van der Waals surface area contributed by atoms with E-state index in [1.54, 1.807) is 35.7 Å². The third-order valence-corrected chi connectivity index (χ3v) is 6.29. The fourth-order valence-electron chi connectivity index (χ4n) is 2.81. The van der Waals surface area contributed by atoms with E-state index in [-0.39, 0.29) is 5.91 Å². The molecule has 28 heavy (non-hydrogen) atoms. The molecule has 0 N–H and O–H groups in total. The van der Waals surface area contributed by atoms with Gasteiger partial charge in [-0.2, -0.15) is 0 Å². The molecule has 0 spiro atoms. The number of fused-ring (bicyclic) bond motifs is 1. The summed E-state index contributed by atoms with van der Waals surface area (Å²) in [6.07, 6.45) is 5.00. The molecule has 1 amide bonds. The van der Waals surface area contributed by atoms with Crippen molar-refractivity contribution in [2.24, 2.45) is 0 Å². The molecule has 0 bridgehead atoms. The molecule has 0 radical (unpaired) electrons. The molecule has 0 unspecified atom stereocenters. The van der Waals surface area contributed by atoms with Crippen molar-refractivity contribution < 1.29 is 13.9 Å². The van der Waals surface area contributed by atoms with E-state index in [1.807, 2.05) is 54.8 Å². The topological polar surface area (TPSA) is 55.6 Å². The highest BCUT2D eigenvalue weighted by Crippen LogP contribution is 2.37. The third-order valence-electron chi connectivity index (χ3n) is 4.24. The van der Waals surface area contributed by atoms with E-state index >= 15 is 0 Å². The molecule has 0 saturated heterocycles. The largest absolute Gasteiger partial charge is 0.494 e. The first-order chi connectivity index (χ1) is 13.7. The Morgan fingerprint density at radius 1 is 1.29 bits per heavy atom. The van der Waals surface area contributed by atoms with E-state index in [0.29, 0.717) is 23.2 Å². The minimum atomic E-state index is -0.152. The number of anilines is 1. The molecule has 0 aliphatic rings. The Labute approximate surface area is 170 Å². The van der Waals surface area contributed by atoms with E-state index in [9.17, 15) is 4.79 Å². The number of thiazole rings is 1. The number of methoxy groups -OCH3 is 1. The number of thiophene rings is 1. The van der Waals surface area contributed by atoms with Crippen molar-refractivity contribution in [3.8, 4) is 5.75 Å². The van der Waals surface area contributed by atoms with E-state index in [1.165, 1.54) is 11.3 Å². The van der Waals surface area contributed by atoms with Crippen LogP contribution in [-0.2, 0) is 11.3 Å². The Morgan fingerprint density at radius 3 is 2.89 bits per heavy atom. The first-order valence-corrected chi connectivity index (χ1v) is 10.3. The predicted octanol–water partition coefficient (Wildman–Crippen LogP) is 5.51. The fraction of sp³-hybridized carbons (Fsp3) is 0.143. The van der Waals surface area contributed by atoms with Crippen molar-refractivity contribution in [2.45, 2.75) is 13.5 Å². The van der Waals surface area contributed by atoms with Gasteiger partial charge < -0.3 is 9.15 Å². The maximum absolute atomic E-state index is 13.0. The summed E-state index contributed by atoms with van der Waals surface area (Å²) >= 11 is 3.06. The summed E-state index contributed by atoms with van der Waals surface area (Å²) in [5.74, 6) is 1.24. The van der Waals surface area contributed by atoms with Crippen molar-refractivity contribution in [2.75, 3.05) is 12.0 Å². The monoisotopic (exact) mass is 410 g/mol. The molecule has 1 aromatic carbocycles. The van der Waals surface area contributed by atoms with Crippen molar-refractivity contribution >= 4 is 50.0 Å². The molecule has 3 heterocycles. The number of hydrogen-bond donors (Lipinski definition) is 0. The van der Waals surface area contributed by atoms with Crippen LogP contribution in [0.2, 0.25) is 0 Å². The molecule has 0 aliphatic heterocycles. The van der Waals surface area contributed by atoms with Crippen LogP contribution in [0.4, 0.5) is 5.13 Å². The Bertz CT molecular complexity index is 1110. The molecule has 0 fully saturated rings. The number of aryl methyl sites for hydroxylation is 1. The second kappa shape index (κ2) is 8.00. The van der Waals surface area contributed by atoms with Gasteiger partial charge in [-0.15, -0.1) is 11.3 Å². The van der Waals surface area contributed by atoms with Gasteiger partial charge in [-0.05, 0) is 48.2 Å². The summed E-state index contributed by atoms with van der Waals surface area (Å²) < 4.78 is 11.9. The molecule has 0 aliphatic carbocycles. The first kappa shape index (κ1) is 18.5. The molecule has 5 nitrogen and oxygen atoms in total. The van der Waals surface area contributed by atoms with Crippen LogP contribution in [-0.4, -0.2) is 18.0 Å². The molecular weight excluding hydrogens is 392 g/mol. The number of nitrogens with zero attached hydrogens (tertiary/aromatic N) is 2. The summed E-state index contributed by atoms with van der Waals surface area (Å²) in [4.78, 5) is 20.4. The zero-order chi connectivity index (χ0) is 19.5. The van der Waals surface area contributed by atoms with Gasteiger partial charge in [0.25, 0.3) is 5.91 Å².